The van der Waals surface area contributed by atoms with Crippen LogP contribution >= 0.6 is 0 Å². The zero-order valence-corrected chi connectivity index (χ0v) is 27.2. The van der Waals surface area contributed by atoms with Gasteiger partial charge in [-0.25, -0.2) is 4.79 Å². The molecule has 0 unspecified atom stereocenters. The zero-order chi connectivity index (χ0) is 33.2. The standard InChI is InChI=1S/C45H31N2O2/c1-46-40-26-24-36-22-23-37-25-27-41(47(2)44(37)43(36)46)35-20-12-31(13-21-35)29-8-16-33(17-9-29)39-5-3-4-38(42(39)45(48)49)32-14-6-28(7-15-32)30-10-18-34(40)19-11-30/h3-27H,1-2H3/q+1/p+1. The first-order chi connectivity index (χ1) is 23.9. The summed E-state index contributed by atoms with van der Waals surface area (Å²) in [5.41, 5.74) is 14.7. The van der Waals surface area contributed by atoms with Crippen LogP contribution in [0, 0.1) is 0 Å². The van der Waals surface area contributed by atoms with Crippen molar-refractivity contribution in [3.8, 4) is 67.0 Å². The summed E-state index contributed by atoms with van der Waals surface area (Å²) >= 11 is 0. The summed E-state index contributed by atoms with van der Waals surface area (Å²) < 4.78 is 4.63. The molecule has 0 amide bonds. The molecule has 4 nitrogen and oxygen atoms in total. The number of carbonyl (C=O) groups is 1. The monoisotopic (exact) mass is 632 g/mol. The lowest BCUT2D eigenvalue weighted by atomic mass is 9.90. The largest absolute Gasteiger partial charge is 0.478 e. The van der Waals surface area contributed by atoms with Gasteiger partial charge in [0.1, 0.15) is 14.1 Å². The lowest BCUT2D eigenvalue weighted by Crippen LogP contribution is -2.38. The summed E-state index contributed by atoms with van der Waals surface area (Å²) in [5.74, 6) is -0.942. The zero-order valence-electron chi connectivity index (χ0n) is 27.2. The number of pyridine rings is 2. The van der Waals surface area contributed by atoms with Gasteiger partial charge in [-0.1, -0.05) is 91.0 Å². The van der Waals surface area contributed by atoms with Crippen molar-refractivity contribution in [3.63, 3.8) is 0 Å². The Balaban J connectivity index is 1.29. The third kappa shape index (κ3) is 4.64. The van der Waals surface area contributed by atoms with Gasteiger partial charge in [-0.05, 0) is 93.0 Å². The Morgan fingerprint density at radius 1 is 0.408 bits per heavy atom. The SMILES string of the molecule is C[n+]1c2ccc3ccc4ccc([n+](C)c4c31)-c1ccc(cc1)-c1ccc(cc1)-c1cccc(c1C(=O)O)-c1ccc(cc1)-c1ccc-2cc1. The lowest BCUT2D eigenvalue weighted by Gasteiger charge is -2.13. The minimum absolute atomic E-state index is 0.304. The first kappa shape index (κ1) is 28.8. The molecule has 0 atom stereocenters. The third-order valence-electron chi connectivity index (χ3n) is 10.1. The van der Waals surface area contributed by atoms with Gasteiger partial charge in [0.2, 0.25) is 11.4 Å². The minimum atomic E-state index is -0.942. The van der Waals surface area contributed by atoms with Crippen molar-refractivity contribution in [2.75, 3.05) is 0 Å². The number of nitrogens with zero attached hydrogens (tertiary/aromatic N) is 2. The molecule has 7 aliphatic heterocycles. The van der Waals surface area contributed by atoms with Gasteiger partial charge in [-0.3, -0.25) is 0 Å². The van der Waals surface area contributed by atoms with E-state index in [-0.39, 0.29) is 0 Å². The number of carboxylic acids is 1. The predicted molar refractivity (Wildman–Crippen MR) is 197 cm³/mol. The van der Waals surface area contributed by atoms with Gasteiger partial charge in [-0.15, -0.1) is 0 Å². The molecule has 0 saturated heterocycles. The van der Waals surface area contributed by atoms with E-state index >= 15 is 0 Å². The second-order valence-electron chi connectivity index (χ2n) is 12.8. The van der Waals surface area contributed by atoms with Gasteiger partial charge in [0.05, 0.1) is 16.3 Å². The van der Waals surface area contributed by atoms with Crippen LogP contribution in [0.3, 0.4) is 0 Å². The van der Waals surface area contributed by atoms with E-state index in [9.17, 15) is 9.90 Å². The Hall–Kier alpha value is -6.39. The molecular formula is C45H32N2O2+2. The van der Waals surface area contributed by atoms with E-state index in [4.69, 9.17) is 0 Å². The van der Waals surface area contributed by atoms with E-state index in [1.807, 2.05) is 42.5 Å². The molecule has 2 aromatic heterocycles. The predicted octanol–water partition coefficient (Wildman–Crippen LogP) is 9.66. The van der Waals surface area contributed by atoms with Crippen LogP contribution < -0.4 is 9.13 Å². The Kier molecular flexibility index (Phi) is 6.53. The van der Waals surface area contributed by atoms with Crippen LogP contribution in [0.2, 0.25) is 0 Å². The molecule has 14 bridgehead atoms. The molecule has 8 aromatic rings. The maximum absolute atomic E-state index is 12.7. The topological polar surface area (TPSA) is 45.1 Å². The van der Waals surface area contributed by atoms with Crippen LogP contribution in [0.15, 0.2) is 152 Å². The number of rotatable bonds is 1. The Morgan fingerprint density at radius 2 is 0.714 bits per heavy atom. The van der Waals surface area contributed by atoms with Crippen LogP contribution in [0.25, 0.3) is 88.8 Å². The fourth-order valence-corrected chi connectivity index (χ4v) is 7.58. The van der Waals surface area contributed by atoms with E-state index in [1.165, 1.54) is 21.8 Å². The number of hydrogen-bond donors (Lipinski definition) is 1. The van der Waals surface area contributed by atoms with Crippen LogP contribution in [0.1, 0.15) is 10.4 Å². The average molecular weight is 633 g/mol. The Morgan fingerprint density at radius 3 is 1.06 bits per heavy atom. The van der Waals surface area contributed by atoms with Crippen molar-refractivity contribution in [1.82, 2.24) is 0 Å². The molecule has 9 heterocycles. The molecule has 15 rings (SSSR count). The number of aryl methyl sites for hydroxylation is 2. The maximum Gasteiger partial charge on any atom is 0.336 e. The number of aromatic nitrogens is 2. The molecule has 4 heteroatoms. The maximum atomic E-state index is 12.7. The van der Waals surface area contributed by atoms with Crippen molar-refractivity contribution >= 4 is 27.8 Å². The normalized spacial score (nSPS) is 11.6. The van der Waals surface area contributed by atoms with Gasteiger partial charge >= 0.3 is 5.97 Å². The van der Waals surface area contributed by atoms with E-state index < -0.39 is 5.97 Å². The van der Waals surface area contributed by atoms with Crippen molar-refractivity contribution in [1.29, 1.82) is 0 Å². The first-order valence-electron chi connectivity index (χ1n) is 16.5. The third-order valence-corrected chi connectivity index (χ3v) is 10.1. The van der Waals surface area contributed by atoms with Crippen molar-refractivity contribution < 1.29 is 19.0 Å². The number of aromatic carboxylic acids is 1. The van der Waals surface area contributed by atoms with Gasteiger partial charge in [0.25, 0.3) is 11.0 Å². The molecule has 7 aliphatic rings. The fourth-order valence-electron chi connectivity index (χ4n) is 7.58. The first-order valence-corrected chi connectivity index (χ1v) is 16.5. The van der Waals surface area contributed by atoms with Gasteiger partial charge < -0.3 is 5.11 Å². The Labute approximate surface area is 284 Å². The second-order valence-corrected chi connectivity index (χ2v) is 12.8. The molecule has 49 heavy (non-hydrogen) atoms. The van der Waals surface area contributed by atoms with Gasteiger partial charge in [-0.2, -0.15) is 9.13 Å². The van der Waals surface area contributed by atoms with E-state index in [2.05, 4.69) is 132 Å². The summed E-state index contributed by atoms with van der Waals surface area (Å²) in [6, 6.07) is 52.7. The molecule has 0 radical (unpaired) electrons. The molecule has 0 saturated carbocycles. The van der Waals surface area contributed by atoms with Crippen LogP contribution in [0.5, 0.6) is 0 Å². The summed E-state index contributed by atoms with van der Waals surface area (Å²) in [5, 5.41) is 12.8. The molecule has 0 fully saturated rings. The van der Waals surface area contributed by atoms with Gasteiger partial charge in [0.15, 0.2) is 0 Å². The Bertz CT molecular complexity index is 2430. The minimum Gasteiger partial charge on any atom is -0.478 e. The summed E-state index contributed by atoms with van der Waals surface area (Å²) in [6.45, 7) is 0. The fraction of sp³-hybridized carbons (Fsp3) is 0.0444. The van der Waals surface area contributed by atoms with Crippen molar-refractivity contribution in [2.24, 2.45) is 14.1 Å². The molecule has 0 spiro atoms. The highest BCUT2D eigenvalue weighted by atomic mass is 16.4. The second kappa shape index (κ2) is 11.1. The highest BCUT2D eigenvalue weighted by molar-refractivity contribution is 6.03. The van der Waals surface area contributed by atoms with E-state index in [0.29, 0.717) is 16.7 Å². The number of carboxylic acid groups (broad SMARTS) is 1. The van der Waals surface area contributed by atoms with Crippen molar-refractivity contribution in [2.45, 2.75) is 0 Å². The highest BCUT2D eigenvalue weighted by Crippen LogP contribution is 2.36. The molecule has 0 aliphatic carbocycles. The number of hydrogen-bond acceptors (Lipinski definition) is 1. The molecule has 1 N–H and O–H groups in total. The van der Waals surface area contributed by atoms with E-state index in [0.717, 1.165) is 55.9 Å². The smallest absolute Gasteiger partial charge is 0.336 e. The van der Waals surface area contributed by atoms with Crippen LogP contribution in [-0.4, -0.2) is 11.1 Å². The summed E-state index contributed by atoms with van der Waals surface area (Å²) in [7, 11) is 4.31. The average Bonchev–Trinajstić information content (AvgIpc) is 3.15. The summed E-state index contributed by atoms with van der Waals surface area (Å²) in [6.07, 6.45) is 0. The van der Waals surface area contributed by atoms with Crippen molar-refractivity contribution in [3.05, 3.63) is 157 Å². The number of benzene rings is 6. The van der Waals surface area contributed by atoms with Gasteiger partial charge in [0, 0.05) is 23.3 Å². The quantitative estimate of drug-likeness (QED) is 0.145. The lowest BCUT2D eigenvalue weighted by molar-refractivity contribution is -0.652. The highest BCUT2D eigenvalue weighted by Gasteiger charge is 2.25. The van der Waals surface area contributed by atoms with Crippen LogP contribution in [-0.2, 0) is 14.1 Å². The molecule has 6 aromatic carbocycles. The molecule has 232 valence electrons. The van der Waals surface area contributed by atoms with Crippen LogP contribution in [0.4, 0.5) is 0 Å². The molecular weight excluding hydrogens is 601 g/mol. The van der Waals surface area contributed by atoms with E-state index in [1.54, 1.807) is 0 Å². The summed E-state index contributed by atoms with van der Waals surface area (Å²) in [4.78, 5) is 12.7.